The maximum atomic E-state index is 14.1. The number of carbonyl (C=O) groups is 2. The van der Waals surface area contributed by atoms with Gasteiger partial charge in [-0.2, -0.15) is 13.2 Å². The highest BCUT2D eigenvalue weighted by molar-refractivity contribution is 7.47. The standard InChI is InChI=1S/C36H38F3N6O8PS/c1-6-40-34(48)44-29-14-24(32-43-28(20-55-32)36(37,38)39)26(17-41-29)23-13-25-30(46)27(33(47)51-7-2)18-45(31(25)42-16-23)35(5,15-21(3)4)53-54(49,50)52-19-22-11-9-8-10-12-22/h8-14,16-18,20-21H,6-7,15,19H2,1-5H3,(H,49,50)(H2,40,41,44,48)/t35-/m0/s1. The Morgan fingerprint density at radius 3 is 2.44 bits per heavy atom. The van der Waals surface area contributed by atoms with Gasteiger partial charge in [-0.15, -0.1) is 11.3 Å². The van der Waals surface area contributed by atoms with Crippen LogP contribution >= 0.6 is 19.2 Å². The number of carbonyl (C=O) groups excluding carboxylic acids is 2. The summed E-state index contributed by atoms with van der Waals surface area (Å²) in [7, 11) is -4.84. The van der Waals surface area contributed by atoms with E-state index in [-0.39, 0.29) is 64.1 Å². The van der Waals surface area contributed by atoms with Crippen LogP contribution < -0.4 is 16.1 Å². The fourth-order valence-corrected chi connectivity index (χ4v) is 7.68. The number of thiazole rings is 1. The molecular weight excluding hydrogens is 764 g/mol. The van der Waals surface area contributed by atoms with Crippen molar-refractivity contribution in [3.63, 3.8) is 0 Å². The third-order valence-electron chi connectivity index (χ3n) is 8.00. The number of ether oxygens (including phenoxy) is 1. The van der Waals surface area contributed by atoms with Crippen LogP contribution in [0.25, 0.3) is 32.7 Å². The van der Waals surface area contributed by atoms with Crippen molar-refractivity contribution in [1.82, 2.24) is 24.8 Å². The fourth-order valence-electron chi connectivity index (χ4n) is 5.79. The van der Waals surface area contributed by atoms with E-state index in [1.165, 1.54) is 36.0 Å². The van der Waals surface area contributed by atoms with Crippen molar-refractivity contribution in [2.75, 3.05) is 18.5 Å². The van der Waals surface area contributed by atoms with Crippen molar-refractivity contribution < 1.29 is 46.0 Å². The molecule has 0 bridgehead atoms. The number of anilines is 1. The van der Waals surface area contributed by atoms with Crippen molar-refractivity contribution >= 4 is 48.0 Å². The Morgan fingerprint density at radius 1 is 1.07 bits per heavy atom. The van der Waals surface area contributed by atoms with Crippen LogP contribution in [0.1, 0.15) is 62.7 Å². The second kappa shape index (κ2) is 16.8. The van der Waals surface area contributed by atoms with Gasteiger partial charge in [0.15, 0.2) is 11.4 Å². The van der Waals surface area contributed by atoms with E-state index < -0.39 is 48.4 Å². The van der Waals surface area contributed by atoms with E-state index in [2.05, 4.69) is 25.6 Å². The van der Waals surface area contributed by atoms with Gasteiger partial charge >= 0.3 is 26.0 Å². The predicted octanol–water partition coefficient (Wildman–Crippen LogP) is 7.97. The molecule has 0 saturated carbocycles. The summed E-state index contributed by atoms with van der Waals surface area (Å²) in [6.07, 6.45) is -0.926. The van der Waals surface area contributed by atoms with Crippen LogP contribution in [-0.4, -0.2) is 49.6 Å². The van der Waals surface area contributed by atoms with Crippen LogP contribution in [0.15, 0.2) is 71.2 Å². The molecule has 5 rings (SSSR count). The first-order valence-corrected chi connectivity index (χ1v) is 19.4. The first-order valence-electron chi connectivity index (χ1n) is 17.0. The minimum atomic E-state index is -4.84. The first kappa shape index (κ1) is 41.2. The van der Waals surface area contributed by atoms with Gasteiger partial charge in [0.1, 0.15) is 22.0 Å². The molecule has 1 aromatic carbocycles. The Balaban J connectivity index is 1.70. The topological polar surface area (TPSA) is 184 Å². The molecule has 5 aromatic rings. The van der Waals surface area contributed by atoms with Crippen LogP contribution in [-0.2, 0) is 36.9 Å². The number of hydrogen-bond donors (Lipinski definition) is 3. The number of esters is 1. The van der Waals surface area contributed by atoms with E-state index in [1.807, 2.05) is 13.8 Å². The highest BCUT2D eigenvalue weighted by atomic mass is 32.1. The quantitative estimate of drug-likeness (QED) is 0.0731. The van der Waals surface area contributed by atoms with Crippen molar-refractivity contribution in [3.8, 4) is 21.7 Å². The lowest BCUT2D eigenvalue weighted by Gasteiger charge is -2.35. The number of phosphoric acid groups is 1. The molecule has 1 unspecified atom stereocenters. The maximum Gasteiger partial charge on any atom is 0.474 e. The number of nitrogens with zero attached hydrogens (tertiary/aromatic N) is 4. The molecule has 19 heteroatoms. The number of nitrogens with one attached hydrogen (secondary N) is 2. The Kier molecular flexibility index (Phi) is 12.6. The summed E-state index contributed by atoms with van der Waals surface area (Å²) in [6.45, 7) is 8.36. The van der Waals surface area contributed by atoms with Crippen molar-refractivity contribution in [2.24, 2.45) is 5.92 Å². The summed E-state index contributed by atoms with van der Waals surface area (Å²) in [5.74, 6) is -1.17. The number of pyridine rings is 3. The number of benzene rings is 1. The highest BCUT2D eigenvalue weighted by Crippen LogP contribution is 2.51. The molecule has 0 saturated heterocycles. The largest absolute Gasteiger partial charge is 0.474 e. The van der Waals surface area contributed by atoms with E-state index in [4.69, 9.17) is 13.8 Å². The number of fused-ring (bicyclic) bond motifs is 1. The molecule has 0 spiro atoms. The van der Waals surface area contributed by atoms with Gasteiger partial charge in [0.05, 0.1) is 18.6 Å². The maximum absolute atomic E-state index is 14.1. The third-order valence-corrected chi connectivity index (χ3v) is 9.96. The minimum absolute atomic E-state index is 0.00122. The van der Waals surface area contributed by atoms with Crippen LogP contribution in [0.3, 0.4) is 0 Å². The number of rotatable bonds is 14. The smallest absolute Gasteiger partial charge is 0.462 e. The van der Waals surface area contributed by atoms with Gasteiger partial charge in [0, 0.05) is 47.2 Å². The van der Waals surface area contributed by atoms with Gasteiger partial charge < -0.3 is 19.5 Å². The Morgan fingerprint density at radius 2 is 1.80 bits per heavy atom. The van der Waals surface area contributed by atoms with Crippen molar-refractivity contribution in [1.29, 1.82) is 0 Å². The molecule has 55 heavy (non-hydrogen) atoms. The predicted molar refractivity (Wildman–Crippen MR) is 199 cm³/mol. The molecule has 292 valence electrons. The summed E-state index contributed by atoms with van der Waals surface area (Å²) in [6, 6.07) is 10.7. The molecule has 0 aliphatic carbocycles. The summed E-state index contributed by atoms with van der Waals surface area (Å²) in [5.41, 5.74) is -3.13. The summed E-state index contributed by atoms with van der Waals surface area (Å²) >= 11 is 0.701. The second-order valence-electron chi connectivity index (χ2n) is 12.8. The molecule has 0 aliphatic heterocycles. The lowest BCUT2D eigenvalue weighted by atomic mass is 9.99. The fraction of sp³-hybridized carbons (Fsp3) is 0.333. The van der Waals surface area contributed by atoms with Gasteiger partial charge in [0.25, 0.3) is 0 Å². The van der Waals surface area contributed by atoms with Gasteiger partial charge in [0.2, 0.25) is 5.43 Å². The van der Waals surface area contributed by atoms with Gasteiger partial charge in [-0.05, 0) is 50.8 Å². The molecule has 2 amide bonds. The lowest BCUT2D eigenvalue weighted by Crippen LogP contribution is -2.37. The van der Waals surface area contributed by atoms with E-state index in [1.54, 1.807) is 44.2 Å². The molecule has 14 nitrogen and oxygen atoms in total. The van der Waals surface area contributed by atoms with E-state index >= 15 is 0 Å². The molecule has 4 aromatic heterocycles. The van der Waals surface area contributed by atoms with Crippen LogP contribution in [0, 0.1) is 5.92 Å². The lowest BCUT2D eigenvalue weighted by molar-refractivity contribution is -0.140. The average molecular weight is 803 g/mol. The monoisotopic (exact) mass is 802 g/mol. The second-order valence-corrected chi connectivity index (χ2v) is 15.0. The average Bonchev–Trinajstić information content (AvgIpc) is 3.62. The molecule has 0 radical (unpaired) electrons. The first-order chi connectivity index (χ1) is 25.9. The van der Waals surface area contributed by atoms with E-state index in [0.717, 1.165) is 11.6 Å². The number of alkyl halides is 3. The minimum Gasteiger partial charge on any atom is -0.462 e. The van der Waals surface area contributed by atoms with Gasteiger partial charge in [-0.25, -0.2) is 29.1 Å². The highest BCUT2D eigenvalue weighted by Gasteiger charge is 2.40. The third kappa shape index (κ3) is 9.82. The zero-order chi connectivity index (χ0) is 40.1. The normalized spacial score (nSPS) is 14.0. The number of urea groups is 1. The van der Waals surface area contributed by atoms with Crippen molar-refractivity contribution in [2.45, 2.75) is 59.5 Å². The number of hydrogen-bond acceptors (Lipinski definition) is 11. The molecule has 2 atom stereocenters. The van der Waals surface area contributed by atoms with Gasteiger partial charge in [-0.1, -0.05) is 44.2 Å². The number of amides is 2. The van der Waals surface area contributed by atoms with Crippen LogP contribution in [0.2, 0.25) is 0 Å². The molecule has 0 fully saturated rings. The van der Waals surface area contributed by atoms with E-state index in [9.17, 15) is 37.0 Å². The molecular formula is C36H38F3N6O8PS. The van der Waals surface area contributed by atoms with E-state index in [0.29, 0.717) is 23.4 Å². The molecule has 4 heterocycles. The SMILES string of the molecule is CCNC(=O)Nc1cc(-c2nc(C(F)(F)F)cs2)c(-c2cnc3c(c2)c(=O)c(C(=O)OCC)cn3[C@](C)(CC(C)C)OP(=O)(O)OCc2ccccc2)cn1. The summed E-state index contributed by atoms with van der Waals surface area (Å²) in [5, 5.41) is 5.67. The Hall–Kier alpha value is -5.00. The van der Waals surface area contributed by atoms with Crippen LogP contribution in [0.4, 0.5) is 23.8 Å². The summed E-state index contributed by atoms with van der Waals surface area (Å²) in [4.78, 5) is 63.1. The zero-order valence-corrected chi connectivity index (χ0v) is 32.1. The summed E-state index contributed by atoms with van der Waals surface area (Å²) < 4.78 is 72.1. The number of phosphoric ester groups is 1. The zero-order valence-electron chi connectivity index (χ0n) is 30.3. The Bertz CT molecular complexity index is 2300. The molecule has 0 aliphatic rings. The molecule has 3 N–H and O–H groups in total. The number of halogens is 3. The number of aromatic nitrogens is 4. The van der Waals surface area contributed by atoms with Gasteiger partial charge in [-0.3, -0.25) is 19.2 Å². The van der Waals surface area contributed by atoms with Crippen LogP contribution in [0.5, 0.6) is 0 Å². The Labute approximate surface area is 317 Å². The van der Waals surface area contributed by atoms with Crippen molar-refractivity contribution in [3.05, 3.63) is 93.5 Å².